The number of piperazine rings is 1. The van der Waals surface area contributed by atoms with E-state index in [0.717, 1.165) is 10.8 Å². The molecule has 74 heavy (non-hydrogen) atoms. The molecule has 2 aromatic heterocycles. The number of methoxy groups -OCH3 is 2. The fraction of sp³-hybridized carbons (Fsp3) is 0.348. The van der Waals surface area contributed by atoms with Crippen molar-refractivity contribution in [3.05, 3.63) is 105 Å². The Labute approximate surface area is 426 Å². The number of H-pyrrole nitrogens is 1. The van der Waals surface area contributed by atoms with Crippen molar-refractivity contribution in [2.45, 2.75) is 67.7 Å². The Kier molecular flexibility index (Phi) is 15.1. The summed E-state index contributed by atoms with van der Waals surface area (Å²) in [7, 11) is 5.02. The first-order chi connectivity index (χ1) is 35.4. The highest BCUT2D eigenvalue weighted by Crippen LogP contribution is 2.60. The molecule has 0 spiro atoms. The van der Waals surface area contributed by atoms with Crippen molar-refractivity contribution in [1.29, 1.82) is 0 Å². The molecule has 4 aromatic rings. The lowest BCUT2D eigenvalue weighted by atomic mass is 9.84. The number of carboxylic acid groups (broad SMARTS) is 2. The summed E-state index contributed by atoms with van der Waals surface area (Å²) in [6.07, 6.45) is -1.14. The Hall–Kier alpha value is -8.24. The van der Waals surface area contributed by atoms with Gasteiger partial charge in [0.15, 0.2) is 22.6 Å². The third-order valence-electron chi connectivity index (χ3n) is 12.7. The predicted octanol–water partition coefficient (Wildman–Crippen LogP) is 1.28. The van der Waals surface area contributed by atoms with Crippen LogP contribution in [0.1, 0.15) is 41.4 Å². The van der Waals surface area contributed by atoms with E-state index in [-0.39, 0.29) is 83.8 Å². The molecule has 0 saturated carbocycles. The van der Waals surface area contributed by atoms with Gasteiger partial charge in [0.05, 0.1) is 37.3 Å². The molecule has 1 unspecified atom stereocenters. The first-order valence-corrected chi connectivity index (χ1v) is 24.8. The number of carbonyl (C=O) groups excluding carboxylic acids is 6. The van der Waals surface area contributed by atoms with Gasteiger partial charge in [-0.15, -0.1) is 0 Å². The van der Waals surface area contributed by atoms with Gasteiger partial charge in [0, 0.05) is 59.0 Å². The molecule has 28 heteroatoms. The molecule has 4 aliphatic rings. The zero-order valence-electron chi connectivity index (χ0n) is 39.4. The molecule has 1 aliphatic carbocycles. The summed E-state index contributed by atoms with van der Waals surface area (Å²) in [4.78, 5) is 133. The quantitative estimate of drug-likeness (QED) is 0.0331. The standard InChI is InChI=1S/C46H47N11O15S2/c1-20-34(59)33-31(35(60)36(20)69-2)26(18-71-44(48)67)37-46(70-3)29(16-56(33)37)57(46)45(68)72-17-21-4-10-25(11-5-21)74-73-19-28(42(65)66)52-30(58)13-12-27(41(63)64)53-39(61)22-6-8-23(9-7-22)49-14-24-15-50-38-32(51-24)40(62)55-43(47)54-38/h4-11,15,26-29,37,49H,12-14,16-19H2,1-3H3,(H2,48,67)(H,52,58)(H,53,61)(H,63,64)(H,65,66)(H3,47,50,54,55,62)/t26-,27+,28+,29+,37?,46-,57?/m1/s1. The van der Waals surface area contributed by atoms with E-state index in [4.69, 9.17) is 30.4 Å². The van der Waals surface area contributed by atoms with Gasteiger partial charge in [0.2, 0.25) is 23.4 Å². The third-order valence-corrected chi connectivity index (χ3v) is 15.1. The van der Waals surface area contributed by atoms with Crippen LogP contribution < -0.4 is 33.0 Å². The van der Waals surface area contributed by atoms with Gasteiger partial charge in [-0.25, -0.2) is 29.1 Å². The van der Waals surface area contributed by atoms with Gasteiger partial charge in [-0.05, 0) is 55.3 Å². The number of hydrogen-bond acceptors (Lipinski definition) is 21. The van der Waals surface area contributed by atoms with Gasteiger partial charge < -0.3 is 61.5 Å². The monoisotopic (exact) mass is 1060 g/mol. The number of amides is 4. The number of aromatic nitrogens is 4. The van der Waals surface area contributed by atoms with Crippen LogP contribution in [0.15, 0.2) is 87.0 Å². The number of fused-ring (bicyclic) bond motifs is 5. The molecule has 0 bridgehead atoms. The van der Waals surface area contributed by atoms with Crippen LogP contribution in [0.5, 0.6) is 0 Å². The van der Waals surface area contributed by atoms with E-state index in [1.165, 1.54) is 55.2 Å². The molecule has 26 nitrogen and oxygen atoms in total. The van der Waals surface area contributed by atoms with Crippen molar-refractivity contribution in [3.8, 4) is 0 Å². The number of Topliss-reactive ketones (excluding diaryl/α,β-unsaturated/α-hetero) is 2. The Balaban J connectivity index is 0.773. The fourth-order valence-corrected chi connectivity index (χ4v) is 11.4. The minimum atomic E-state index is -1.48. The Morgan fingerprint density at radius 3 is 2.32 bits per heavy atom. The smallest absolute Gasteiger partial charge is 0.413 e. The first-order valence-electron chi connectivity index (χ1n) is 22.4. The van der Waals surface area contributed by atoms with Crippen molar-refractivity contribution >= 4 is 91.9 Å². The maximum absolute atomic E-state index is 13.6. The third kappa shape index (κ3) is 10.4. The number of nitrogens with two attached hydrogens (primary N) is 2. The number of nitrogen functional groups attached to an aromatic ring is 1. The van der Waals surface area contributed by atoms with Crippen LogP contribution in [-0.2, 0) is 56.1 Å². The van der Waals surface area contributed by atoms with Crippen molar-refractivity contribution in [2.75, 3.05) is 44.2 Å². The van der Waals surface area contributed by atoms with Crippen LogP contribution in [-0.4, -0.2) is 150 Å². The summed E-state index contributed by atoms with van der Waals surface area (Å²) in [6.45, 7) is 1.25. The highest BCUT2D eigenvalue weighted by molar-refractivity contribution is 8.76. The Morgan fingerprint density at radius 1 is 0.946 bits per heavy atom. The maximum atomic E-state index is 13.6. The number of aliphatic carboxylic acids is 2. The van der Waals surface area contributed by atoms with E-state index in [9.17, 15) is 53.4 Å². The topological polar surface area (TPSA) is 380 Å². The molecular formula is C46H47N11O15S2. The van der Waals surface area contributed by atoms with Gasteiger partial charge in [-0.2, -0.15) is 4.98 Å². The lowest BCUT2D eigenvalue weighted by Crippen LogP contribution is -2.49. The number of nitrogens with one attached hydrogen (secondary N) is 4. The molecule has 10 N–H and O–H groups in total. The molecule has 388 valence electrons. The van der Waals surface area contributed by atoms with Gasteiger partial charge in [0.1, 0.15) is 31.3 Å². The summed E-state index contributed by atoms with van der Waals surface area (Å²) >= 11 is 0. The second-order valence-electron chi connectivity index (χ2n) is 17.1. The number of ketones is 2. The molecule has 6 atom stereocenters. The second kappa shape index (κ2) is 21.5. The molecular weight excluding hydrogens is 1010 g/mol. The average molecular weight is 1060 g/mol. The van der Waals surface area contributed by atoms with Crippen LogP contribution in [0.25, 0.3) is 11.2 Å². The SMILES string of the molecule is COC1=C(C)C(=O)C2=C(C1=O)[C@@H](COC(N)=O)C1N2C[C@@H]2N(C(=O)OCc3ccc(SSC[C@H](NC(=O)CC[C@H](NC(=O)c4ccc(NCc5cnc6nc(N)[nH]c(=O)c6n5)cc4)C(=O)O)C(=O)O)cc3)[C@]12OC. The average Bonchev–Trinajstić information content (AvgIpc) is 3.70. The van der Waals surface area contributed by atoms with E-state index in [1.807, 2.05) is 0 Å². The van der Waals surface area contributed by atoms with Gasteiger partial charge in [-0.3, -0.25) is 33.9 Å². The summed E-state index contributed by atoms with van der Waals surface area (Å²) in [6, 6.07) is 8.70. The van der Waals surface area contributed by atoms with E-state index in [0.29, 0.717) is 21.8 Å². The number of anilines is 2. The lowest BCUT2D eigenvalue weighted by Gasteiger charge is -2.33. The number of hydrogen-bond donors (Lipinski definition) is 8. The minimum absolute atomic E-state index is 0.0123. The number of rotatable bonds is 21. The molecule has 2 saturated heterocycles. The maximum Gasteiger partial charge on any atom is 0.413 e. The summed E-state index contributed by atoms with van der Waals surface area (Å²) < 4.78 is 22.0. The fourth-order valence-electron chi connectivity index (χ4n) is 9.19. The number of primary amides is 1. The van der Waals surface area contributed by atoms with Crippen LogP contribution in [0.3, 0.4) is 0 Å². The number of aromatic amines is 1. The number of benzene rings is 2. The van der Waals surface area contributed by atoms with Crippen molar-refractivity contribution < 1.29 is 67.5 Å². The largest absolute Gasteiger partial charge is 0.492 e. The lowest BCUT2D eigenvalue weighted by molar-refractivity contribution is -0.142. The number of ether oxygens (including phenoxy) is 4. The molecule has 2 aromatic carbocycles. The van der Waals surface area contributed by atoms with Gasteiger partial charge in [-0.1, -0.05) is 33.7 Å². The molecule has 0 radical (unpaired) electrons. The van der Waals surface area contributed by atoms with Crippen LogP contribution in [0.4, 0.5) is 21.2 Å². The zero-order valence-corrected chi connectivity index (χ0v) is 41.1. The van der Waals surface area contributed by atoms with E-state index >= 15 is 0 Å². The summed E-state index contributed by atoms with van der Waals surface area (Å²) in [5.74, 6) is -6.36. The number of carboxylic acids is 2. The minimum Gasteiger partial charge on any atom is -0.492 e. The molecule has 3 aliphatic heterocycles. The molecule has 5 heterocycles. The van der Waals surface area contributed by atoms with E-state index in [2.05, 4.69) is 35.9 Å². The molecule has 4 amide bonds. The highest BCUT2D eigenvalue weighted by atomic mass is 33.1. The normalized spacial score (nSPS) is 20.3. The van der Waals surface area contributed by atoms with Crippen molar-refractivity contribution in [1.82, 2.24) is 40.4 Å². The number of allylic oxidation sites excluding steroid dienone is 2. The van der Waals surface area contributed by atoms with Gasteiger partial charge >= 0.3 is 24.1 Å². The van der Waals surface area contributed by atoms with Crippen LogP contribution >= 0.6 is 21.6 Å². The van der Waals surface area contributed by atoms with Crippen LogP contribution in [0, 0.1) is 5.92 Å². The van der Waals surface area contributed by atoms with Crippen molar-refractivity contribution in [2.24, 2.45) is 11.7 Å². The molecule has 8 rings (SSSR count). The predicted molar refractivity (Wildman–Crippen MR) is 260 cm³/mol. The number of nitrogens with zero attached hydrogens (tertiary/aromatic N) is 5. The zero-order chi connectivity index (χ0) is 53.2. The summed E-state index contributed by atoms with van der Waals surface area (Å²) in [5, 5.41) is 27.5. The molecule has 2 fully saturated rings. The Bertz CT molecular complexity index is 3100. The first kappa shape index (κ1) is 52.1. The number of carbonyl (C=O) groups is 8. The highest BCUT2D eigenvalue weighted by Gasteiger charge is 2.80. The second-order valence-corrected chi connectivity index (χ2v) is 19.5. The van der Waals surface area contributed by atoms with Gasteiger partial charge in [0.25, 0.3) is 11.5 Å². The van der Waals surface area contributed by atoms with E-state index in [1.54, 1.807) is 41.3 Å². The van der Waals surface area contributed by atoms with Crippen molar-refractivity contribution in [3.63, 3.8) is 0 Å². The van der Waals surface area contributed by atoms with Crippen LogP contribution in [0.2, 0.25) is 0 Å². The Morgan fingerprint density at radius 2 is 1.66 bits per heavy atom. The van der Waals surface area contributed by atoms with E-state index < -0.39 is 95.3 Å². The summed E-state index contributed by atoms with van der Waals surface area (Å²) in [5.41, 5.74) is 11.1.